The lowest BCUT2D eigenvalue weighted by atomic mass is 9.68. The minimum absolute atomic E-state index is 0. The molecule has 0 bridgehead atoms. The first-order chi connectivity index (χ1) is 28.3. The highest BCUT2D eigenvalue weighted by molar-refractivity contribution is 5.85. The van der Waals surface area contributed by atoms with Crippen molar-refractivity contribution in [1.29, 1.82) is 0 Å². The summed E-state index contributed by atoms with van der Waals surface area (Å²) >= 11 is 0. The van der Waals surface area contributed by atoms with E-state index in [4.69, 9.17) is 5.73 Å². The molecule has 0 aromatic heterocycles. The third kappa shape index (κ3) is 10.1. The standard InChI is InChI=1S/C18H22FN.C18H21N.C17H20FN.CH4/c1-20-13-18(10-8-17(19)9-11-18)16-7-6-14-4-2-3-5-15(14)12-16;1-19-14-18(11-5-2-6-12-18)17-10-9-15-7-3-4-8-16(15)13-17;18-16-7-9-17(12-19,10-8-16)15-6-5-13-3-1-2-4-14(13)11-15;/h2-7,12,17,20H,8-11,13H2,1H3;2-5,7-10,13,19H,6,11-12,14H2,1H3;1-6,11,16H,7-10,12,19H2;1H4/t;18-;;/m.1../s1. The van der Waals surface area contributed by atoms with E-state index < -0.39 is 12.3 Å². The van der Waals surface area contributed by atoms with E-state index in [-0.39, 0.29) is 23.7 Å². The Bertz CT molecular complexity index is 2270. The van der Waals surface area contributed by atoms with Crippen LogP contribution in [0.15, 0.2) is 140 Å². The first kappa shape index (κ1) is 44.1. The second-order valence-electron chi connectivity index (χ2n) is 17.4. The van der Waals surface area contributed by atoms with E-state index in [0.717, 1.165) is 45.2 Å². The Morgan fingerprint density at radius 3 is 1.25 bits per heavy atom. The van der Waals surface area contributed by atoms with E-state index in [1.165, 1.54) is 61.8 Å². The average molecular weight is 796 g/mol. The van der Waals surface area contributed by atoms with Crippen LogP contribution < -0.4 is 16.4 Å². The highest BCUT2D eigenvalue weighted by Crippen LogP contribution is 2.42. The molecule has 6 aromatic rings. The zero-order valence-electron chi connectivity index (χ0n) is 34.7. The van der Waals surface area contributed by atoms with Crippen molar-refractivity contribution in [2.24, 2.45) is 5.73 Å². The summed E-state index contributed by atoms with van der Waals surface area (Å²) in [5, 5.41) is 14.4. The van der Waals surface area contributed by atoms with E-state index in [9.17, 15) is 8.78 Å². The molecule has 3 aliphatic carbocycles. The minimum Gasteiger partial charge on any atom is -0.330 e. The summed E-state index contributed by atoms with van der Waals surface area (Å²) in [5.74, 6) is 0. The van der Waals surface area contributed by atoms with E-state index in [1.54, 1.807) is 0 Å². The van der Waals surface area contributed by atoms with E-state index in [2.05, 4.69) is 157 Å². The molecule has 312 valence electrons. The first-order valence-electron chi connectivity index (χ1n) is 21.7. The number of fused-ring (bicyclic) bond motifs is 3. The summed E-state index contributed by atoms with van der Waals surface area (Å²) in [6.45, 7) is 2.59. The monoisotopic (exact) mass is 796 g/mol. The van der Waals surface area contributed by atoms with Crippen molar-refractivity contribution in [2.45, 2.75) is 107 Å². The Morgan fingerprint density at radius 2 is 0.864 bits per heavy atom. The van der Waals surface area contributed by atoms with Crippen LogP contribution in [0.5, 0.6) is 0 Å². The topological polar surface area (TPSA) is 50.1 Å². The molecule has 5 heteroatoms. The molecule has 0 radical (unpaired) electrons. The minimum atomic E-state index is -0.639. The summed E-state index contributed by atoms with van der Waals surface area (Å²) in [4.78, 5) is 0. The molecule has 59 heavy (non-hydrogen) atoms. The van der Waals surface area contributed by atoms with Crippen LogP contribution in [0, 0.1) is 0 Å². The molecule has 9 rings (SSSR count). The van der Waals surface area contributed by atoms with Crippen molar-refractivity contribution in [3.05, 3.63) is 156 Å². The van der Waals surface area contributed by atoms with E-state index >= 15 is 0 Å². The lowest BCUT2D eigenvalue weighted by molar-refractivity contribution is 0.178. The molecule has 0 saturated heterocycles. The molecule has 2 fully saturated rings. The lowest BCUT2D eigenvalue weighted by Crippen LogP contribution is -2.40. The fraction of sp³-hybridized carbons (Fsp3) is 0.407. The fourth-order valence-corrected chi connectivity index (χ4v) is 10.1. The number of hydrogen-bond acceptors (Lipinski definition) is 3. The highest BCUT2D eigenvalue weighted by Gasteiger charge is 2.37. The van der Waals surface area contributed by atoms with Gasteiger partial charge in [0.25, 0.3) is 0 Å². The summed E-state index contributed by atoms with van der Waals surface area (Å²) in [6, 6.07) is 45.7. The molecule has 3 aliphatic rings. The van der Waals surface area contributed by atoms with Gasteiger partial charge in [-0.2, -0.15) is 0 Å². The molecule has 6 aromatic carbocycles. The number of benzene rings is 6. The normalized spacial score (nSPS) is 25.3. The van der Waals surface area contributed by atoms with Gasteiger partial charge in [0.15, 0.2) is 0 Å². The number of rotatable bonds is 8. The first-order valence-corrected chi connectivity index (χ1v) is 21.7. The highest BCUT2D eigenvalue weighted by atomic mass is 19.1. The molecular formula is C54H67F2N3. The van der Waals surface area contributed by atoms with E-state index in [1.807, 2.05) is 7.05 Å². The van der Waals surface area contributed by atoms with Crippen LogP contribution in [0.1, 0.15) is 94.7 Å². The third-order valence-electron chi connectivity index (χ3n) is 13.7. The second kappa shape index (κ2) is 20.2. The van der Waals surface area contributed by atoms with Crippen molar-refractivity contribution >= 4 is 32.3 Å². The average Bonchev–Trinajstić information content (AvgIpc) is 3.28. The molecule has 0 heterocycles. The third-order valence-corrected chi connectivity index (χ3v) is 13.7. The zero-order chi connectivity index (χ0) is 40.4. The Labute approximate surface area is 352 Å². The number of allylic oxidation sites excluding steroid dienone is 2. The maximum Gasteiger partial charge on any atom is 0.100 e. The molecule has 0 aliphatic heterocycles. The van der Waals surface area contributed by atoms with Crippen molar-refractivity contribution in [3.63, 3.8) is 0 Å². The second-order valence-corrected chi connectivity index (χ2v) is 17.4. The smallest absolute Gasteiger partial charge is 0.100 e. The number of nitrogens with two attached hydrogens (primary N) is 1. The van der Waals surface area contributed by atoms with Gasteiger partial charge >= 0.3 is 0 Å². The molecule has 4 N–H and O–H groups in total. The number of halogens is 2. The van der Waals surface area contributed by atoms with Crippen LogP contribution in [0.3, 0.4) is 0 Å². The maximum atomic E-state index is 13.5. The number of hydrogen-bond donors (Lipinski definition) is 3. The van der Waals surface area contributed by atoms with Crippen LogP contribution in [-0.2, 0) is 16.2 Å². The van der Waals surface area contributed by atoms with Gasteiger partial charge in [-0.15, -0.1) is 0 Å². The van der Waals surface area contributed by atoms with Gasteiger partial charge in [0.05, 0.1) is 0 Å². The van der Waals surface area contributed by atoms with Gasteiger partial charge in [-0.1, -0.05) is 147 Å². The molecule has 0 unspecified atom stereocenters. The van der Waals surface area contributed by atoms with Crippen LogP contribution in [-0.4, -0.2) is 46.1 Å². The summed E-state index contributed by atoms with van der Waals surface area (Å²) < 4.78 is 26.9. The van der Waals surface area contributed by atoms with Gasteiger partial charge in [-0.05, 0) is 134 Å². The van der Waals surface area contributed by atoms with Gasteiger partial charge < -0.3 is 16.4 Å². The molecular weight excluding hydrogens is 729 g/mol. The van der Waals surface area contributed by atoms with Crippen molar-refractivity contribution < 1.29 is 8.78 Å². The summed E-state index contributed by atoms with van der Waals surface area (Å²) in [5.41, 5.74) is 10.5. The van der Waals surface area contributed by atoms with Crippen LogP contribution in [0.25, 0.3) is 32.3 Å². The van der Waals surface area contributed by atoms with Gasteiger partial charge in [0, 0.05) is 35.9 Å². The lowest BCUT2D eigenvalue weighted by Gasteiger charge is -2.39. The van der Waals surface area contributed by atoms with Crippen LogP contribution in [0.2, 0.25) is 0 Å². The SMILES string of the molecule is C.CNCC1(c2ccc3ccccc3c2)CCC(F)CC1.CNC[C@@]1(c2ccc3ccccc3c2)CC=CCC1.NCC1(c2ccc3ccccc3c2)CCC(F)CC1. The Balaban J connectivity index is 0.000000148. The number of nitrogens with one attached hydrogen (secondary N) is 2. The predicted octanol–water partition coefficient (Wildman–Crippen LogP) is 12.8. The van der Waals surface area contributed by atoms with Crippen LogP contribution >= 0.6 is 0 Å². The van der Waals surface area contributed by atoms with Gasteiger partial charge in [0.1, 0.15) is 12.3 Å². The van der Waals surface area contributed by atoms with Crippen molar-refractivity contribution in [1.82, 2.24) is 10.6 Å². The van der Waals surface area contributed by atoms with Crippen molar-refractivity contribution in [2.75, 3.05) is 33.7 Å². The molecule has 0 amide bonds. The van der Waals surface area contributed by atoms with Gasteiger partial charge in [0.2, 0.25) is 0 Å². The Morgan fingerprint density at radius 1 is 0.492 bits per heavy atom. The predicted molar refractivity (Wildman–Crippen MR) is 250 cm³/mol. The number of alkyl halides is 2. The zero-order valence-corrected chi connectivity index (χ0v) is 34.7. The fourth-order valence-electron chi connectivity index (χ4n) is 10.1. The van der Waals surface area contributed by atoms with Crippen molar-refractivity contribution in [3.8, 4) is 0 Å². The summed E-state index contributed by atoms with van der Waals surface area (Å²) in [7, 11) is 4.05. The molecule has 2 saturated carbocycles. The van der Waals surface area contributed by atoms with Crippen LogP contribution in [0.4, 0.5) is 8.78 Å². The molecule has 0 spiro atoms. The number of likely N-dealkylation sites (N-methyl/N-ethyl adjacent to an activating group) is 2. The van der Waals surface area contributed by atoms with E-state index in [0.29, 0.717) is 32.2 Å². The summed E-state index contributed by atoms with van der Waals surface area (Å²) in [6.07, 6.45) is 13.2. The van der Waals surface area contributed by atoms with Gasteiger partial charge in [-0.3, -0.25) is 0 Å². The van der Waals surface area contributed by atoms with Gasteiger partial charge in [-0.25, -0.2) is 8.78 Å². The molecule has 1 atom stereocenters. The Kier molecular flexibility index (Phi) is 15.1. The Hall–Kier alpha value is -4.42. The maximum absolute atomic E-state index is 13.5. The quantitative estimate of drug-likeness (QED) is 0.135. The molecule has 3 nitrogen and oxygen atoms in total. The largest absolute Gasteiger partial charge is 0.330 e.